The van der Waals surface area contributed by atoms with E-state index in [-0.39, 0.29) is 17.4 Å². The third-order valence-corrected chi connectivity index (χ3v) is 5.22. The van der Waals surface area contributed by atoms with Crippen molar-refractivity contribution in [1.82, 2.24) is 19.9 Å². The van der Waals surface area contributed by atoms with Crippen LogP contribution in [-0.2, 0) is 0 Å². The predicted octanol–water partition coefficient (Wildman–Crippen LogP) is 2.40. The number of H-pyrrole nitrogens is 1. The molecule has 4 rings (SSSR count). The van der Waals surface area contributed by atoms with E-state index >= 15 is 0 Å². The molecule has 1 amide bonds. The molecular formula is C19H20ClN5O3. The van der Waals surface area contributed by atoms with Gasteiger partial charge in [-0.15, -0.1) is 0 Å². The molecule has 3 heterocycles. The van der Waals surface area contributed by atoms with Crippen LogP contribution in [0.4, 0.5) is 5.69 Å². The number of halogens is 1. The van der Waals surface area contributed by atoms with Crippen LogP contribution in [0.2, 0.25) is 5.02 Å². The Morgan fingerprint density at radius 2 is 2.11 bits per heavy atom. The number of piperidine rings is 1. The van der Waals surface area contributed by atoms with Crippen molar-refractivity contribution in [3.05, 3.63) is 57.1 Å². The van der Waals surface area contributed by atoms with Crippen LogP contribution in [-0.4, -0.2) is 40.7 Å². The molecule has 2 aromatic heterocycles. The van der Waals surface area contributed by atoms with Gasteiger partial charge in [-0.2, -0.15) is 0 Å². The molecule has 0 atom stereocenters. The highest BCUT2D eigenvalue weighted by atomic mass is 35.5. The molecule has 8 nitrogen and oxygen atoms in total. The van der Waals surface area contributed by atoms with Crippen molar-refractivity contribution in [3.8, 4) is 5.75 Å². The first-order valence-corrected chi connectivity index (χ1v) is 9.41. The second kappa shape index (κ2) is 7.65. The van der Waals surface area contributed by atoms with E-state index in [4.69, 9.17) is 16.3 Å². The molecule has 3 aromatic rings. The number of aromatic nitrogens is 3. The Morgan fingerprint density at radius 1 is 1.32 bits per heavy atom. The first-order valence-electron chi connectivity index (χ1n) is 9.03. The molecular weight excluding hydrogens is 382 g/mol. The van der Waals surface area contributed by atoms with Crippen LogP contribution in [0, 0.1) is 0 Å². The lowest BCUT2D eigenvalue weighted by atomic mass is 9.94. The summed E-state index contributed by atoms with van der Waals surface area (Å²) >= 11 is 6.12. The Balaban J connectivity index is 1.66. The van der Waals surface area contributed by atoms with Gasteiger partial charge in [0.25, 0.3) is 11.5 Å². The minimum Gasteiger partial charge on any atom is -0.495 e. The Bertz CT molecular complexity index is 1080. The first-order chi connectivity index (χ1) is 13.6. The summed E-state index contributed by atoms with van der Waals surface area (Å²) in [7, 11) is 1.52. The van der Waals surface area contributed by atoms with E-state index in [0.717, 1.165) is 31.6 Å². The number of ether oxygens (including phenoxy) is 1. The Hall–Kier alpha value is -2.84. The van der Waals surface area contributed by atoms with Crippen LogP contribution in [0.25, 0.3) is 5.65 Å². The maximum atomic E-state index is 12.8. The molecule has 0 aliphatic carbocycles. The van der Waals surface area contributed by atoms with Gasteiger partial charge < -0.3 is 15.4 Å². The number of fused-ring (bicyclic) bond motifs is 1. The molecule has 0 spiro atoms. The van der Waals surface area contributed by atoms with Crippen LogP contribution < -0.4 is 20.9 Å². The van der Waals surface area contributed by atoms with E-state index in [1.165, 1.54) is 17.8 Å². The normalized spacial score (nSPS) is 14.9. The standard InChI is InChI=1S/C19H20ClN5O3/c1-28-16-3-2-12(8-14(16)20)23-19(27)13-10-22-25-17(26)9-15(24-18(13)25)11-4-6-21-7-5-11/h2-3,8-11,21-22H,4-7H2,1H3,(H,23,27). The number of nitrogens with one attached hydrogen (secondary N) is 3. The maximum absolute atomic E-state index is 12.8. The summed E-state index contributed by atoms with van der Waals surface area (Å²) in [6.45, 7) is 1.79. The third-order valence-electron chi connectivity index (χ3n) is 4.93. The molecule has 0 radical (unpaired) electrons. The molecule has 0 unspecified atom stereocenters. The average Bonchev–Trinajstić information content (AvgIpc) is 3.13. The highest BCUT2D eigenvalue weighted by Crippen LogP contribution is 2.28. The van der Waals surface area contributed by atoms with Gasteiger partial charge in [0.1, 0.15) is 11.3 Å². The van der Waals surface area contributed by atoms with Gasteiger partial charge in [-0.25, -0.2) is 9.50 Å². The van der Waals surface area contributed by atoms with Crippen LogP contribution >= 0.6 is 11.6 Å². The summed E-state index contributed by atoms with van der Waals surface area (Å²) < 4.78 is 6.39. The fourth-order valence-electron chi connectivity index (χ4n) is 3.44. The number of rotatable bonds is 4. The molecule has 0 saturated carbocycles. The van der Waals surface area contributed by atoms with Crippen LogP contribution in [0.3, 0.4) is 0 Å². The number of benzene rings is 1. The van der Waals surface area contributed by atoms with Gasteiger partial charge in [0.15, 0.2) is 5.65 Å². The van der Waals surface area contributed by atoms with Crippen molar-refractivity contribution in [1.29, 1.82) is 0 Å². The summed E-state index contributed by atoms with van der Waals surface area (Å²) in [5, 5.41) is 9.28. The molecule has 28 heavy (non-hydrogen) atoms. The molecule has 1 saturated heterocycles. The smallest absolute Gasteiger partial charge is 0.272 e. The van der Waals surface area contributed by atoms with Crippen molar-refractivity contribution < 1.29 is 9.53 Å². The summed E-state index contributed by atoms with van der Waals surface area (Å²) in [6.07, 6.45) is 3.31. The monoisotopic (exact) mass is 401 g/mol. The highest BCUT2D eigenvalue weighted by Gasteiger charge is 2.21. The minimum absolute atomic E-state index is 0.213. The second-order valence-corrected chi connectivity index (χ2v) is 7.10. The van der Waals surface area contributed by atoms with E-state index in [9.17, 15) is 9.59 Å². The number of nitrogens with zero attached hydrogens (tertiary/aromatic N) is 2. The average molecular weight is 402 g/mol. The summed E-state index contributed by atoms with van der Waals surface area (Å²) in [5.74, 6) is 0.353. The number of anilines is 1. The van der Waals surface area contributed by atoms with Crippen molar-refractivity contribution in [2.45, 2.75) is 18.8 Å². The molecule has 9 heteroatoms. The number of hydrogen-bond acceptors (Lipinski definition) is 5. The lowest BCUT2D eigenvalue weighted by Crippen LogP contribution is -2.28. The molecule has 1 aliphatic rings. The summed E-state index contributed by atoms with van der Waals surface area (Å²) in [5.41, 5.74) is 1.63. The van der Waals surface area contributed by atoms with Gasteiger partial charge in [-0.1, -0.05) is 11.6 Å². The molecule has 1 aromatic carbocycles. The van der Waals surface area contributed by atoms with Gasteiger partial charge in [-0.3, -0.25) is 14.7 Å². The largest absolute Gasteiger partial charge is 0.495 e. The lowest BCUT2D eigenvalue weighted by molar-refractivity contribution is 0.102. The fraction of sp³-hybridized carbons (Fsp3) is 0.316. The molecule has 1 aliphatic heterocycles. The zero-order valence-corrected chi connectivity index (χ0v) is 16.0. The number of aromatic amines is 1. The molecule has 3 N–H and O–H groups in total. The minimum atomic E-state index is -0.380. The number of amides is 1. The quantitative estimate of drug-likeness (QED) is 0.623. The SMILES string of the molecule is COc1ccc(NC(=O)c2c[nH]n3c(=O)cc(C4CCNCC4)nc23)cc1Cl. The number of hydrogen-bond donors (Lipinski definition) is 3. The van der Waals surface area contributed by atoms with Crippen molar-refractivity contribution >= 4 is 28.8 Å². The van der Waals surface area contributed by atoms with Crippen molar-refractivity contribution in [3.63, 3.8) is 0 Å². The fourth-order valence-corrected chi connectivity index (χ4v) is 3.69. The molecule has 1 fully saturated rings. The number of carbonyl (C=O) groups is 1. The second-order valence-electron chi connectivity index (χ2n) is 6.69. The van der Waals surface area contributed by atoms with Gasteiger partial charge in [0.2, 0.25) is 0 Å². The van der Waals surface area contributed by atoms with Crippen LogP contribution in [0.5, 0.6) is 5.75 Å². The van der Waals surface area contributed by atoms with Gasteiger partial charge in [0, 0.05) is 23.9 Å². The molecule has 0 bridgehead atoms. The van der Waals surface area contributed by atoms with Crippen molar-refractivity contribution in [2.24, 2.45) is 0 Å². The number of carbonyl (C=O) groups excluding carboxylic acids is 1. The predicted molar refractivity (Wildman–Crippen MR) is 107 cm³/mol. The van der Waals surface area contributed by atoms with Gasteiger partial charge in [-0.05, 0) is 44.1 Å². The number of methoxy groups -OCH3 is 1. The van der Waals surface area contributed by atoms with Crippen LogP contribution in [0.15, 0.2) is 35.3 Å². The van der Waals surface area contributed by atoms with Crippen LogP contribution in [0.1, 0.15) is 34.8 Å². The Kier molecular flexibility index (Phi) is 5.06. The van der Waals surface area contributed by atoms with E-state index in [2.05, 4.69) is 20.7 Å². The first kappa shape index (κ1) is 18.5. The Morgan fingerprint density at radius 3 is 2.82 bits per heavy atom. The summed E-state index contributed by atoms with van der Waals surface area (Å²) in [6, 6.07) is 6.51. The van der Waals surface area contributed by atoms with Crippen molar-refractivity contribution in [2.75, 3.05) is 25.5 Å². The van der Waals surface area contributed by atoms with Gasteiger partial charge in [0.05, 0.1) is 17.8 Å². The zero-order chi connectivity index (χ0) is 19.7. The maximum Gasteiger partial charge on any atom is 0.272 e. The lowest BCUT2D eigenvalue weighted by Gasteiger charge is -2.21. The van der Waals surface area contributed by atoms with E-state index in [1.807, 2.05) is 0 Å². The third kappa shape index (κ3) is 3.48. The summed E-state index contributed by atoms with van der Waals surface area (Å²) in [4.78, 5) is 29.9. The van der Waals surface area contributed by atoms with E-state index < -0.39 is 0 Å². The Labute approximate surface area is 165 Å². The zero-order valence-electron chi connectivity index (χ0n) is 15.3. The van der Waals surface area contributed by atoms with Gasteiger partial charge >= 0.3 is 0 Å². The molecule has 146 valence electrons. The van der Waals surface area contributed by atoms with E-state index in [1.54, 1.807) is 24.3 Å². The topological polar surface area (TPSA) is 101 Å². The van der Waals surface area contributed by atoms with E-state index in [0.29, 0.717) is 27.7 Å². The highest BCUT2D eigenvalue weighted by molar-refractivity contribution is 6.32.